The van der Waals surface area contributed by atoms with Crippen LogP contribution in [-0.2, 0) is 10.5 Å². The van der Waals surface area contributed by atoms with Gasteiger partial charge in [0.2, 0.25) is 0 Å². The summed E-state index contributed by atoms with van der Waals surface area (Å²) < 4.78 is 13.0. The van der Waals surface area contributed by atoms with Crippen LogP contribution in [0.1, 0.15) is 18.1 Å². The van der Waals surface area contributed by atoms with Gasteiger partial charge >= 0.3 is 0 Å². The number of thioether (sulfide) groups is 1. The van der Waals surface area contributed by atoms with E-state index < -0.39 is 6.04 Å². The van der Waals surface area contributed by atoms with Gasteiger partial charge in [-0.1, -0.05) is 36.0 Å². The lowest BCUT2D eigenvalue weighted by atomic mass is 10.1. The second kappa shape index (κ2) is 5.87. The van der Waals surface area contributed by atoms with Gasteiger partial charge in [0.15, 0.2) is 5.17 Å². The smallest absolute Gasteiger partial charge is 0.258 e. The first kappa shape index (κ1) is 15.1. The number of carbonyl (C=O) groups excluding carboxylic acids is 1. The van der Waals surface area contributed by atoms with Gasteiger partial charge in [0.25, 0.3) is 5.91 Å². The first-order valence-electron chi connectivity index (χ1n) is 7.60. The maximum atomic E-state index is 13.0. The number of halogens is 1. The highest BCUT2D eigenvalue weighted by atomic mass is 32.2. The zero-order valence-electron chi connectivity index (χ0n) is 12.9. The predicted octanol–water partition coefficient (Wildman–Crippen LogP) is 3.74. The minimum atomic E-state index is -0.400. The highest BCUT2D eigenvalue weighted by Gasteiger charge is 2.39. The van der Waals surface area contributed by atoms with Crippen LogP contribution in [0.3, 0.4) is 0 Å². The van der Waals surface area contributed by atoms with Crippen LogP contribution in [-0.4, -0.2) is 27.9 Å². The second-order valence-electron chi connectivity index (χ2n) is 5.63. The SMILES string of the molecule is C[C@@H]1N=C2c3ccccc3N=C(SCc3ccc(F)cc3)N2C1=O. The molecule has 6 heteroatoms. The fraction of sp³-hybridized carbons (Fsp3) is 0.167. The number of para-hydroxylation sites is 1. The Kier molecular flexibility index (Phi) is 3.69. The van der Waals surface area contributed by atoms with E-state index >= 15 is 0 Å². The quantitative estimate of drug-likeness (QED) is 0.837. The van der Waals surface area contributed by atoms with Gasteiger partial charge in [-0.2, -0.15) is 0 Å². The van der Waals surface area contributed by atoms with Crippen LogP contribution in [0.15, 0.2) is 58.5 Å². The average Bonchev–Trinajstić information content (AvgIpc) is 2.90. The van der Waals surface area contributed by atoms with Gasteiger partial charge in [0.05, 0.1) is 5.69 Å². The molecule has 0 aliphatic carbocycles. The summed E-state index contributed by atoms with van der Waals surface area (Å²) in [5, 5.41) is 0.617. The van der Waals surface area contributed by atoms with E-state index in [2.05, 4.69) is 9.98 Å². The third kappa shape index (κ3) is 2.53. The van der Waals surface area contributed by atoms with E-state index in [1.807, 2.05) is 24.3 Å². The summed E-state index contributed by atoms with van der Waals surface area (Å²) in [7, 11) is 0. The molecule has 0 N–H and O–H groups in total. The van der Waals surface area contributed by atoms with Crippen molar-refractivity contribution in [1.29, 1.82) is 0 Å². The minimum absolute atomic E-state index is 0.0649. The van der Waals surface area contributed by atoms with Gasteiger partial charge < -0.3 is 0 Å². The number of hydrogen-bond acceptors (Lipinski definition) is 4. The van der Waals surface area contributed by atoms with Crippen molar-refractivity contribution in [2.75, 3.05) is 0 Å². The van der Waals surface area contributed by atoms with Crippen molar-refractivity contribution < 1.29 is 9.18 Å². The molecular formula is C18H14FN3OS. The third-order valence-electron chi connectivity index (χ3n) is 3.94. The number of fused-ring (bicyclic) bond motifs is 3. The van der Waals surface area contributed by atoms with Gasteiger partial charge in [0.1, 0.15) is 17.7 Å². The van der Waals surface area contributed by atoms with Crippen LogP contribution in [0, 0.1) is 5.82 Å². The maximum absolute atomic E-state index is 13.0. The van der Waals surface area contributed by atoms with Crippen molar-refractivity contribution in [2.24, 2.45) is 9.98 Å². The molecule has 0 spiro atoms. The van der Waals surface area contributed by atoms with Crippen LogP contribution >= 0.6 is 11.8 Å². The molecular weight excluding hydrogens is 325 g/mol. The molecule has 4 nitrogen and oxygen atoms in total. The summed E-state index contributed by atoms with van der Waals surface area (Å²) in [6.07, 6.45) is 0. The first-order valence-corrected chi connectivity index (χ1v) is 8.59. The highest BCUT2D eigenvalue weighted by molar-refractivity contribution is 8.13. The van der Waals surface area contributed by atoms with Crippen LogP contribution in [0.2, 0.25) is 0 Å². The molecule has 2 aromatic rings. The number of rotatable bonds is 2. The van der Waals surface area contributed by atoms with Crippen molar-refractivity contribution in [2.45, 2.75) is 18.7 Å². The molecule has 120 valence electrons. The van der Waals surface area contributed by atoms with E-state index in [1.54, 1.807) is 24.0 Å². The van der Waals surface area contributed by atoms with Gasteiger partial charge in [-0.3, -0.25) is 9.79 Å². The number of nitrogens with zero attached hydrogens (tertiary/aromatic N) is 3. The minimum Gasteiger partial charge on any atom is -0.272 e. The Morgan fingerprint density at radius 2 is 1.92 bits per heavy atom. The molecule has 2 aliphatic rings. The number of benzene rings is 2. The fourth-order valence-corrected chi connectivity index (χ4v) is 3.66. The monoisotopic (exact) mass is 339 g/mol. The number of amides is 1. The molecule has 0 fully saturated rings. The summed E-state index contributed by atoms with van der Waals surface area (Å²) in [5.41, 5.74) is 2.67. The molecule has 1 atom stereocenters. The molecule has 2 aliphatic heterocycles. The zero-order chi connectivity index (χ0) is 16.7. The first-order chi connectivity index (χ1) is 11.6. The summed E-state index contributed by atoms with van der Waals surface area (Å²) in [5.74, 6) is 0.947. The van der Waals surface area contributed by atoms with Crippen LogP contribution < -0.4 is 0 Å². The van der Waals surface area contributed by atoms with Crippen molar-refractivity contribution in [3.05, 3.63) is 65.5 Å². The highest BCUT2D eigenvalue weighted by Crippen LogP contribution is 2.34. The lowest BCUT2D eigenvalue weighted by Gasteiger charge is -2.25. The molecule has 4 rings (SSSR count). The van der Waals surface area contributed by atoms with Crippen LogP contribution in [0.25, 0.3) is 0 Å². The van der Waals surface area contributed by atoms with Crippen LogP contribution in [0.4, 0.5) is 10.1 Å². The van der Waals surface area contributed by atoms with E-state index in [-0.39, 0.29) is 11.7 Å². The topological polar surface area (TPSA) is 45.0 Å². The Balaban J connectivity index is 1.67. The molecule has 0 radical (unpaired) electrons. The van der Waals surface area contributed by atoms with E-state index in [0.717, 1.165) is 16.8 Å². The van der Waals surface area contributed by atoms with Crippen LogP contribution in [0.5, 0.6) is 0 Å². The van der Waals surface area contributed by atoms with E-state index in [9.17, 15) is 9.18 Å². The average molecular weight is 339 g/mol. The molecule has 2 aromatic carbocycles. The molecule has 0 unspecified atom stereocenters. The molecule has 0 aromatic heterocycles. The lowest BCUT2D eigenvalue weighted by molar-refractivity contribution is -0.124. The Hall–Kier alpha value is -2.47. The summed E-state index contributed by atoms with van der Waals surface area (Å²) in [6.45, 7) is 1.79. The molecule has 0 saturated carbocycles. The molecule has 0 saturated heterocycles. The Morgan fingerprint density at radius 3 is 2.71 bits per heavy atom. The predicted molar refractivity (Wildman–Crippen MR) is 94.1 cm³/mol. The Labute approximate surface area is 143 Å². The number of carbonyl (C=O) groups is 1. The normalized spacial score (nSPS) is 18.8. The largest absolute Gasteiger partial charge is 0.272 e. The van der Waals surface area contributed by atoms with Crippen molar-refractivity contribution in [3.63, 3.8) is 0 Å². The Morgan fingerprint density at radius 1 is 1.17 bits per heavy atom. The van der Waals surface area contributed by atoms with Gasteiger partial charge in [-0.25, -0.2) is 14.3 Å². The summed E-state index contributed by atoms with van der Waals surface area (Å²) in [6, 6.07) is 13.6. The van der Waals surface area contributed by atoms with Crippen molar-refractivity contribution in [1.82, 2.24) is 4.90 Å². The third-order valence-corrected chi connectivity index (χ3v) is 4.95. The van der Waals surface area contributed by atoms with Crippen molar-refractivity contribution >= 4 is 34.4 Å². The lowest BCUT2D eigenvalue weighted by Crippen LogP contribution is -2.40. The van der Waals surface area contributed by atoms with Gasteiger partial charge in [0, 0.05) is 11.3 Å². The van der Waals surface area contributed by atoms with Gasteiger partial charge in [-0.05, 0) is 36.8 Å². The second-order valence-corrected chi connectivity index (χ2v) is 6.57. The summed E-state index contributed by atoms with van der Waals surface area (Å²) in [4.78, 5) is 23.2. The fourth-order valence-electron chi connectivity index (χ4n) is 2.70. The van der Waals surface area contributed by atoms with E-state index in [1.165, 1.54) is 23.9 Å². The molecule has 1 amide bonds. The van der Waals surface area contributed by atoms with E-state index in [4.69, 9.17) is 0 Å². The van der Waals surface area contributed by atoms with Gasteiger partial charge in [-0.15, -0.1) is 0 Å². The summed E-state index contributed by atoms with van der Waals surface area (Å²) >= 11 is 1.45. The molecule has 0 bridgehead atoms. The Bertz CT molecular complexity index is 876. The zero-order valence-corrected chi connectivity index (χ0v) is 13.8. The molecule has 24 heavy (non-hydrogen) atoms. The standard InChI is InChI=1S/C18H14FN3OS/c1-11-17(23)22-16(20-11)14-4-2-3-5-15(14)21-18(22)24-10-12-6-8-13(19)9-7-12/h2-9,11H,10H2,1H3/t11-/m0/s1. The number of hydrogen-bond donors (Lipinski definition) is 0. The maximum Gasteiger partial charge on any atom is 0.258 e. The van der Waals surface area contributed by atoms with E-state index in [0.29, 0.717) is 16.8 Å². The molecule has 2 heterocycles. The number of aliphatic imine (C=N–C) groups is 2. The van der Waals surface area contributed by atoms with Crippen molar-refractivity contribution in [3.8, 4) is 0 Å². The number of amidine groups is 2.